The highest BCUT2D eigenvalue weighted by Crippen LogP contribution is 2.09. The van der Waals surface area contributed by atoms with E-state index < -0.39 is 0 Å². The standard InChI is InChI=1S/C13H13ClO/c1-10(2)13(15)12-7-5-11(6-8-12)4-3-9-14/h5-8,10H,9H2,1-2H3. The van der Waals surface area contributed by atoms with Crippen LogP contribution in [0.1, 0.15) is 29.8 Å². The van der Waals surface area contributed by atoms with Crippen molar-refractivity contribution >= 4 is 17.4 Å². The van der Waals surface area contributed by atoms with Crippen LogP contribution in [0.3, 0.4) is 0 Å². The minimum Gasteiger partial charge on any atom is -0.294 e. The van der Waals surface area contributed by atoms with Crippen molar-refractivity contribution in [2.24, 2.45) is 5.92 Å². The highest BCUT2D eigenvalue weighted by atomic mass is 35.5. The molecule has 0 amide bonds. The topological polar surface area (TPSA) is 17.1 Å². The lowest BCUT2D eigenvalue weighted by atomic mass is 10.0. The minimum atomic E-state index is 0.0322. The molecule has 0 aliphatic heterocycles. The molecule has 0 unspecified atom stereocenters. The molecule has 0 N–H and O–H groups in total. The summed E-state index contributed by atoms with van der Waals surface area (Å²) in [5.74, 6) is 6.18. The number of carbonyl (C=O) groups excluding carboxylic acids is 1. The average Bonchev–Trinajstić information content (AvgIpc) is 2.26. The Hall–Kier alpha value is -1.26. The Labute approximate surface area is 95.5 Å². The van der Waals surface area contributed by atoms with Crippen molar-refractivity contribution in [3.05, 3.63) is 35.4 Å². The maximum atomic E-state index is 11.6. The Kier molecular flexibility index (Phi) is 4.39. The fraction of sp³-hybridized carbons (Fsp3) is 0.308. The van der Waals surface area contributed by atoms with E-state index in [1.54, 1.807) is 12.1 Å². The zero-order valence-electron chi connectivity index (χ0n) is 8.88. The number of hydrogen-bond donors (Lipinski definition) is 0. The van der Waals surface area contributed by atoms with Crippen LogP contribution in [0.25, 0.3) is 0 Å². The highest BCUT2D eigenvalue weighted by molar-refractivity contribution is 6.19. The summed E-state index contributed by atoms with van der Waals surface area (Å²) in [5, 5.41) is 0. The third kappa shape index (κ3) is 3.42. The first-order chi connectivity index (χ1) is 7.15. The molecule has 0 heterocycles. The van der Waals surface area contributed by atoms with E-state index in [9.17, 15) is 4.79 Å². The maximum absolute atomic E-state index is 11.6. The summed E-state index contributed by atoms with van der Waals surface area (Å²) in [6, 6.07) is 7.30. The zero-order valence-corrected chi connectivity index (χ0v) is 9.64. The van der Waals surface area contributed by atoms with Gasteiger partial charge in [-0.25, -0.2) is 0 Å². The second kappa shape index (κ2) is 5.58. The molecule has 1 rings (SSSR count). The van der Waals surface area contributed by atoms with Crippen LogP contribution in [-0.4, -0.2) is 11.7 Å². The van der Waals surface area contributed by atoms with E-state index in [2.05, 4.69) is 11.8 Å². The number of benzene rings is 1. The summed E-state index contributed by atoms with van der Waals surface area (Å²) >= 11 is 5.45. The summed E-state index contributed by atoms with van der Waals surface area (Å²) in [6.45, 7) is 3.78. The van der Waals surface area contributed by atoms with Gasteiger partial charge < -0.3 is 0 Å². The molecule has 1 aromatic carbocycles. The summed E-state index contributed by atoms with van der Waals surface area (Å²) in [7, 11) is 0. The van der Waals surface area contributed by atoms with E-state index in [1.807, 2.05) is 26.0 Å². The normalized spacial score (nSPS) is 9.60. The van der Waals surface area contributed by atoms with Crippen LogP contribution in [0.4, 0.5) is 0 Å². The molecule has 1 nitrogen and oxygen atoms in total. The van der Waals surface area contributed by atoms with Gasteiger partial charge in [0.2, 0.25) is 0 Å². The molecule has 15 heavy (non-hydrogen) atoms. The van der Waals surface area contributed by atoms with Crippen molar-refractivity contribution in [3.8, 4) is 11.8 Å². The molecule has 0 aliphatic rings. The lowest BCUT2D eigenvalue weighted by Gasteiger charge is -2.03. The molecule has 0 saturated carbocycles. The quantitative estimate of drug-likeness (QED) is 0.425. The summed E-state index contributed by atoms with van der Waals surface area (Å²) < 4.78 is 0. The van der Waals surface area contributed by atoms with Crippen LogP contribution in [0.15, 0.2) is 24.3 Å². The van der Waals surface area contributed by atoms with E-state index in [0.29, 0.717) is 5.88 Å². The summed E-state index contributed by atoms with van der Waals surface area (Å²) in [5.41, 5.74) is 1.62. The maximum Gasteiger partial charge on any atom is 0.165 e. The third-order valence-corrected chi connectivity index (χ3v) is 2.13. The van der Waals surface area contributed by atoms with Gasteiger partial charge >= 0.3 is 0 Å². The van der Waals surface area contributed by atoms with Gasteiger partial charge in [-0.05, 0) is 12.1 Å². The third-order valence-electron chi connectivity index (χ3n) is 1.99. The van der Waals surface area contributed by atoms with Gasteiger partial charge in [-0.1, -0.05) is 37.8 Å². The molecule has 0 fully saturated rings. The largest absolute Gasteiger partial charge is 0.294 e. The molecule has 0 saturated heterocycles. The van der Waals surface area contributed by atoms with Gasteiger partial charge in [0.15, 0.2) is 5.78 Å². The number of halogens is 1. The molecule has 0 aromatic heterocycles. The van der Waals surface area contributed by atoms with Gasteiger partial charge in [0.05, 0.1) is 5.88 Å². The molecule has 0 spiro atoms. The van der Waals surface area contributed by atoms with Crippen molar-refractivity contribution in [1.29, 1.82) is 0 Å². The van der Waals surface area contributed by atoms with Crippen molar-refractivity contribution in [3.63, 3.8) is 0 Å². The highest BCUT2D eigenvalue weighted by Gasteiger charge is 2.09. The van der Waals surface area contributed by atoms with Crippen LogP contribution in [0.2, 0.25) is 0 Å². The van der Waals surface area contributed by atoms with E-state index in [1.165, 1.54) is 0 Å². The second-order valence-corrected chi connectivity index (χ2v) is 3.80. The lowest BCUT2D eigenvalue weighted by Crippen LogP contribution is -2.06. The molecule has 0 radical (unpaired) electrons. The first-order valence-electron chi connectivity index (χ1n) is 4.84. The van der Waals surface area contributed by atoms with Gasteiger partial charge in [-0.15, -0.1) is 11.6 Å². The first kappa shape index (κ1) is 11.8. The molecule has 2 heteroatoms. The molecular weight excluding hydrogens is 208 g/mol. The number of rotatable bonds is 2. The van der Waals surface area contributed by atoms with Crippen LogP contribution in [-0.2, 0) is 0 Å². The van der Waals surface area contributed by atoms with E-state index in [0.717, 1.165) is 11.1 Å². The molecule has 1 aromatic rings. The van der Waals surface area contributed by atoms with Gasteiger partial charge in [0.1, 0.15) is 0 Å². The number of alkyl halides is 1. The van der Waals surface area contributed by atoms with Crippen molar-refractivity contribution in [1.82, 2.24) is 0 Å². The minimum absolute atomic E-state index is 0.0322. The van der Waals surface area contributed by atoms with E-state index in [4.69, 9.17) is 11.6 Å². The molecule has 0 atom stereocenters. The number of carbonyl (C=O) groups is 1. The molecule has 0 aliphatic carbocycles. The Morgan fingerprint density at radius 2 is 1.93 bits per heavy atom. The summed E-state index contributed by atoms with van der Waals surface area (Å²) in [6.07, 6.45) is 0. The Morgan fingerprint density at radius 1 is 1.33 bits per heavy atom. The molecule has 0 bridgehead atoms. The van der Waals surface area contributed by atoms with Crippen molar-refractivity contribution < 1.29 is 4.79 Å². The molecule has 78 valence electrons. The van der Waals surface area contributed by atoms with Crippen LogP contribution < -0.4 is 0 Å². The SMILES string of the molecule is CC(C)C(=O)c1ccc(C#CCCl)cc1. The average molecular weight is 221 g/mol. The molecular formula is C13H13ClO. The van der Waals surface area contributed by atoms with Crippen LogP contribution in [0.5, 0.6) is 0 Å². The number of Topliss-reactive ketones (excluding diaryl/α,β-unsaturated/α-hetero) is 1. The fourth-order valence-electron chi connectivity index (χ4n) is 1.19. The fourth-order valence-corrected chi connectivity index (χ4v) is 1.25. The Balaban J connectivity index is 2.85. The van der Waals surface area contributed by atoms with Gasteiger partial charge in [-0.3, -0.25) is 4.79 Å². The predicted octanol–water partition coefficient (Wildman–Crippen LogP) is 3.12. The van der Waals surface area contributed by atoms with Crippen molar-refractivity contribution in [2.75, 3.05) is 5.88 Å². The number of ketones is 1. The van der Waals surface area contributed by atoms with Crippen molar-refractivity contribution in [2.45, 2.75) is 13.8 Å². The lowest BCUT2D eigenvalue weighted by molar-refractivity contribution is 0.0939. The van der Waals surface area contributed by atoms with E-state index in [-0.39, 0.29) is 11.7 Å². The predicted molar refractivity (Wildman–Crippen MR) is 63.2 cm³/mol. The number of hydrogen-bond acceptors (Lipinski definition) is 1. The first-order valence-corrected chi connectivity index (χ1v) is 5.37. The van der Waals surface area contributed by atoms with Gasteiger partial charge in [0, 0.05) is 17.0 Å². The van der Waals surface area contributed by atoms with Gasteiger partial charge in [-0.2, -0.15) is 0 Å². The monoisotopic (exact) mass is 220 g/mol. The van der Waals surface area contributed by atoms with Gasteiger partial charge in [0.25, 0.3) is 0 Å². The Bertz CT molecular complexity index is 393. The van der Waals surface area contributed by atoms with Crippen LogP contribution in [0, 0.1) is 17.8 Å². The van der Waals surface area contributed by atoms with E-state index >= 15 is 0 Å². The zero-order chi connectivity index (χ0) is 11.3. The second-order valence-electron chi connectivity index (χ2n) is 3.53. The Morgan fingerprint density at radius 3 is 2.40 bits per heavy atom. The summed E-state index contributed by atoms with van der Waals surface area (Å²) in [4.78, 5) is 11.6. The smallest absolute Gasteiger partial charge is 0.165 e. The van der Waals surface area contributed by atoms with Crippen LogP contribution >= 0.6 is 11.6 Å².